The highest BCUT2D eigenvalue weighted by Gasteiger charge is 2.37. The Morgan fingerprint density at radius 3 is 2.43 bits per heavy atom. The topological polar surface area (TPSA) is 94.9 Å². The van der Waals surface area contributed by atoms with Crippen LogP contribution in [0.15, 0.2) is 42.7 Å². The number of benzene rings is 1. The standard InChI is InChI=1S/C28H35F3N4O2/c1-4-21(19-14-20(16-34-15-19)22-12-8-9-13-23(22)28(29,30)31)24(32)26(36)25(18-10-6-5-7-11-18)35-27(37)17(2)33-3/h8-9,12-18,21,25,32-33H,4-7,10-11H2,1-3H3,(H,35,37)/t17-,21-,25-/m0/s1. The van der Waals surface area contributed by atoms with Gasteiger partial charge in [-0.05, 0) is 62.4 Å². The van der Waals surface area contributed by atoms with Crippen molar-refractivity contribution in [2.24, 2.45) is 5.92 Å². The van der Waals surface area contributed by atoms with Gasteiger partial charge in [-0.15, -0.1) is 0 Å². The summed E-state index contributed by atoms with van der Waals surface area (Å²) in [6.07, 6.45) is 3.28. The van der Waals surface area contributed by atoms with E-state index < -0.39 is 35.5 Å². The fourth-order valence-corrected chi connectivity index (χ4v) is 5.00. The van der Waals surface area contributed by atoms with E-state index >= 15 is 0 Å². The Morgan fingerprint density at radius 1 is 1.14 bits per heavy atom. The van der Waals surface area contributed by atoms with Gasteiger partial charge in [0.15, 0.2) is 5.78 Å². The highest BCUT2D eigenvalue weighted by atomic mass is 19.4. The van der Waals surface area contributed by atoms with E-state index in [2.05, 4.69) is 15.6 Å². The van der Waals surface area contributed by atoms with Crippen molar-refractivity contribution >= 4 is 17.4 Å². The lowest BCUT2D eigenvalue weighted by molar-refractivity contribution is -0.137. The average molecular weight is 517 g/mol. The van der Waals surface area contributed by atoms with Gasteiger partial charge >= 0.3 is 6.18 Å². The lowest BCUT2D eigenvalue weighted by Crippen LogP contribution is -2.53. The highest BCUT2D eigenvalue weighted by Crippen LogP contribution is 2.37. The van der Waals surface area contributed by atoms with E-state index in [1.165, 1.54) is 30.6 Å². The Kier molecular flexibility index (Phi) is 9.59. The maximum Gasteiger partial charge on any atom is 0.417 e. The van der Waals surface area contributed by atoms with Gasteiger partial charge in [0.05, 0.1) is 23.4 Å². The molecule has 2 aromatic rings. The number of ketones is 1. The number of alkyl halides is 3. The quantitative estimate of drug-likeness (QED) is 0.362. The number of nitrogens with one attached hydrogen (secondary N) is 3. The molecule has 1 heterocycles. The van der Waals surface area contributed by atoms with Crippen LogP contribution in [0, 0.1) is 11.3 Å². The Hall–Kier alpha value is -3.07. The molecule has 6 nitrogen and oxygen atoms in total. The third-order valence-corrected chi connectivity index (χ3v) is 7.26. The molecular formula is C28H35F3N4O2. The van der Waals surface area contributed by atoms with Crippen molar-refractivity contribution in [2.75, 3.05) is 7.05 Å². The van der Waals surface area contributed by atoms with Crippen molar-refractivity contribution < 1.29 is 22.8 Å². The van der Waals surface area contributed by atoms with Gasteiger partial charge in [-0.25, -0.2) is 0 Å². The summed E-state index contributed by atoms with van der Waals surface area (Å²) in [5, 5.41) is 14.6. The Labute approximate surface area is 216 Å². The van der Waals surface area contributed by atoms with Gasteiger partial charge in [0.25, 0.3) is 0 Å². The zero-order chi connectivity index (χ0) is 27.2. The van der Waals surface area contributed by atoms with Crippen LogP contribution in [0.2, 0.25) is 0 Å². The molecule has 1 aromatic carbocycles. The number of hydrogen-bond donors (Lipinski definition) is 3. The van der Waals surface area contributed by atoms with Gasteiger partial charge in [0, 0.05) is 23.9 Å². The van der Waals surface area contributed by atoms with Gasteiger partial charge in [-0.1, -0.05) is 44.4 Å². The molecule has 0 bridgehead atoms. The van der Waals surface area contributed by atoms with Crippen molar-refractivity contribution in [2.45, 2.75) is 76.6 Å². The second kappa shape index (κ2) is 12.4. The third kappa shape index (κ3) is 6.83. The predicted octanol–water partition coefficient (Wildman–Crippen LogP) is 5.52. The molecule has 0 saturated heterocycles. The zero-order valence-corrected chi connectivity index (χ0v) is 21.5. The van der Waals surface area contributed by atoms with Crippen LogP contribution < -0.4 is 10.6 Å². The van der Waals surface area contributed by atoms with E-state index in [-0.39, 0.29) is 28.7 Å². The smallest absolute Gasteiger partial charge is 0.344 e. The van der Waals surface area contributed by atoms with Crippen LogP contribution in [0.25, 0.3) is 11.1 Å². The van der Waals surface area contributed by atoms with Crippen molar-refractivity contribution in [1.29, 1.82) is 5.41 Å². The van der Waals surface area contributed by atoms with Crippen LogP contribution in [-0.2, 0) is 15.8 Å². The summed E-state index contributed by atoms with van der Waals surface area (Å²) in [6.45, 7) is 3.52. The fourth-order valence-electron chi connectivity index (χ4n) is 5.00. The largest absolute Gasteiger partial charge is 0.417 e. The molecule has 1 aliphatic carbocycles. The molecule has 0 unspecified atom stereocenters. The van der Waals surface area contributed by atoms with Crippen molar-refractivity contribution in [1.82, 2.24) is 15.6 Å². The number of rotatable bonds is 10. The zero-order valence-electron chi connectivity index (χ0n) is 21.5. The van der Waals surface area contributed by atoms with Gasteiger partial charge in [-0.2, -0.15) is 13.2 Å². The van der Waals surface area contributed by atoms with Gasteiger partial charge in [0.2, 0.25) is 5.91 Å². The molecule has 0 aliphatic heterocycles. The molecule has 0 spiro atoms. The average Bonchev–Trinajstić information content (AvgIpc) is 2.91. The highest BCUT2D eigenvalue weighted by molar-refractivity contribution is 6.42. The lowest BCUT2D eigenvalue weighted by Gasteiger charge is -2.32. The van der Waals surface area contributed by atoms with Gasteiger partial charge in [0.1, 0.15) is 0 Å². The molecule has 200 valence electrons. The SMILES string of the molecule is CC[C@H](C(=N)C(=O)[C@@H](NC(=O)[C@H](C)NC)C1CCCCC1)c1cncc(-c2ccccc2C(F)(F)F)c1. The number of likely N-dealkylation sites (N-methyl/N-ethyl adjacent to an activating group) is 1. The van der Waals surface area contributed by atoms with Crippen LogP contribution in [0.1, 0.15) is 69.4 Å². The number of halogens is 3. The molecular weight excluding hydrogens is 481 g/mol. The Bertz CT molecular complexity index is 1110. The fraction of sp³-hybridized carbons (Fsp3) is 0.500. The van der Waals surface area contributed by atoms with E-state index in [9.17, 15) is 22.8 Å². The normalized spacial score (nSPS) is 17.0. The summed E-state index contributed by atoms with van der Waals surface area (Å²) in [6, 6.07) is 5.54. The van der Waals surface area contributed by atoms with Crippen molar-refractivity contribution in [3.8, 4) is 11.1 Å². The molecule has 1 fully saturated rings. The number of amides is 1. The molecule has 1 aromatic heterocycles. The van der Waals surface area contributed by atoms with Gasteiger partial charge in [-0.3, -0.25) is 14.6 Å². The summed E-state index contributed by atoms with van der Waals surface area (Å²) in [5.41, 5.74) is -0.187. The molecule has 1 saturated carbocycles. The van der Waals surface area contributed by atoms with E-state index in [4.69, 9.17) is 5.41 Å². The van der Waals surface area contributed by atoms with Gasteiger partial charge < -0.3 is 16.0 Å². The first kappa shape index (κ1) is 28.5. The molecule has 1 aliphatic rings. The molecule has 3 atom stereocenters. The molecule has 9 heteroatoms. The molecule has 3 N–H and O–H groups in total. The minimum Gasteiger partial charge on any atom is -0.344 e. The van der Waals surface area contributed by atoms with Crippen LogP contribution in [0.4, 0.5) is 13.2 Å². The van der Waals surface area contributed by atoms with Crippen LogP contribution in [0.5, 0.6) is 0 Å². The maximum atomic E-state index is 13.7. The second-order valence-electron chi connectivity index (χ2n) is 9.68. The first-order valence-corrected chi connectivity index (χ1v) is 12.8. The Balaban J connectivity index is 1.92. The van der Waals surface area contributed by atoms with E-state index in [1.807, 2.05) is 6.92 Å². The summed E-state index contributed by atoms with van der Waals surface area (Å²) in [4.78, 5) is 30.5. The third-order valence-electron chi connectivity index (χ3n) is 7.26. The van der Waals surface area contributed by atoms with E-state index in [0.717, 1.165) is 38.2 Å². The Morgan fingerprint density at radius 2 is 1.81 bits per heavy atom. The number of hydrogen-bond acceptors (Lipinski definition) is 5. The monoisotopic (exact) mass is 516 g/mol. The number of carbonyl (C=O) groups excluding carboxylic acids is 2. The first-order valence-electron chi connectivity index (χ1n) is 12.8. The minimum atomic E-state index is -4.53. The number of aromatic nitrogens is 1. The summed E-state index contributed by atoms with van der Waals surface area (Å²) in [5.74, 6) is -1.48. The number of pyridine rings is 1. The van der Waals surface area contributed by atoms with E-state index in [0.29, 0.717) is 12.0 Å². The van der Waals surface area contributed by atoms with Crippen LogP contribution in [0.3, 0.4) is 0 Å². The summed E-state index contributed by atoms with van der Waals surface area (Å²) in [7, 11) is 1.66. The molecule has 3 rings (SSSR count). The number of Topliss-reactive ketones (excluding diaryl/α,β-unsaturated/α-hetero) is 1. The first-order chi connectivity index (χ1) is 17.6. The number of nitrogens with zero attached hydrogens (tertiary/aromatic N) is 1. The molecule has 37 heavy (non-hydrogen) atoms. The predicted molar refractivity (Wildman–Crippen MR) is 137 cm³/mol. The maximum absolute atomic E-state index is 13.7. The minimum absolute atomic E-state index is 0.00883. The second-order valence-corrected chi connectivity index (χ2v) is 9.68. The summed E-state index contributed by atoms with van der Waals surface area (Å²) < 4.78 is 40.8. The van der Waals surface area contributed by atoms with Crippen molar-refractivity contribution in [3.63, 3.8) is 0 Å². The molecule has 0 radical (unpaired) electrons. The number of carbonyl (C=O) groups is 2. The molecule has 1 amide bonds. The van der Waals surface area contributed by atoms with E-state index in [1.54, 1.807) is 20.0 Å². The van der Waals surface area contributed by atoms with Crippen molar-refractivity contribution in [3.05, 3.63) is 53.9 Å². The summed E-state index contributed by atoms with van der Waals surface area (Å²) >= 11 is 0. The van der Waals surface area contributed by atoms with Crippen LogP contribution >= 0.6 is 0 Å². The lowest BCUT2D eigenvalue weighted by atomic mass is 9.78. The van der Waals surface area contributed by atoms with Crippen LogP contribution in [-0.4, -0.2) is 41.5 Å².